The molecule has 0 atom stereocenters. The number of hydrogen-bond acceptors (Lipinski definition) is 1. The lowest BCUT2D eigenvalue weighted by Gasteiger charge is -2.07. The topological polar surface area (TPSA) is 9.23 Å². The maximum atomic E-state index is 14.6. The summed E-state index contributed by atoms with van der Waals surface area (Å²) in [5.74, 6) is 2.74. The van der Waals surface area contributed by atoms with Gasteiger partial charge in [-0.1, -0.05) is 42.2 Å². The minimum absolute atomic E-state index is 0.149. The number of methoxy groups -OCH3 is 1. The van der Waals surface area contributed by atoms with Crippen LogP contribution in [0.4, 0.5) is 17.6 Å². The Kier molecular flexibility index (Phi) is 6.25. The second kappa shape index (κ2) is 9.25. The second-order valence-electron chi connectivity index (χ2n) is 7.30. The molecule has 0 amide bonds. The molecule has 0 unspecified atom stereocenters. The van der Waals surface area contributed by atoms with Gasteiger partial charge in [0, 0.05) is 23.6 Å². The van der Waals surface area contributed by atoms with E-state index in [1.165, 1.54) is 30.3 Å². The lowest BCUT2D eigenvalue weighted by Crippen LogP contribution is -1.96. The zero-order valence-electron chi connectivity index (χ0n) is 17.2. The number of ether oxygens (including phenoxy) is 1. The van der Waals surface area contributed by atoms with Crippen molar-refractivity contribution in [3.63, 3.8) is 0 Å². The summed E-state index contributed by atoms with van der Waals surface area (Å²) in [7, 11) is 1.58. The molecule has 5 heteroatoms. The third-order valence-corrected chi connectivity index (χ3v) is 5.16. The molecule has 0 heterocycles. The summed E-state index contributed by atoms with van der Waals surface area (Å²) < 4.78 is 61.3. The molecule has 4 rings (SSSR count). The Morgan fingerprint density at radius 2 is 1.59 bits per heavy atom. The van der Waals surface area contributed by atoms with E-state index in [4.69, 9.17) is 4.74 Å². The number of halogens is 4. The van der Waals surface area contributed by atoms with Crippen molar-refractivity contribution in [2.75, 3.05) is 13.7 Å². The van der Waals surface area contributed by atoms with E-state index in [2.05, 4.69) is 11.8 Å². The zero-order chi connectivity index (χ0) is 22.7. The number of rotatable bonds is 4. The van der Waals surface area contributed by atoms with Crippen molar-refractivity contribution in [2.24, 2.45) is 0 Å². The highest BCUT2D eigenvalue weighted by Crippen LogP contribution is 2.26. The molecule has 0 aliphatic rings. The van der Waals surface area contributed by atoms with Crippen LogP contribution in [-0.4, -0.2) is 13.7 Å². The molecule has 0 spiro atoms. The van der Waals surface area contributed by atoms with Crippen LogP contribution in [0.15, 0.2) is 66.7 Å². The van der Waals surface area contributed by atoms with Crippen molar-refractivity contribution in [3.05, 3.63) is 107 Å². The molecule has 0 aliphatic heterocycles. The summed E-state index contributed by atoms with van der Waals surface area (Å²) >= 11 is 0. The predicted molar refractivity (Wildman–Crippen MR) is 117 cm³/mol. The smallest absolute Gasteiger partial charge is 0.166 e. The molecule has 1 nitrogen and oxygen atoms in total. The van der Waals surface area contributed by atoms with Gasteiger partial charge in [-0.3, -0.25) is 0 Å². The Balaban J connectivity index is 1.59. The fraction of sp³-hybridized carbons (Fsp3) is 0.111. The first-order valence-corrected chi connectivity index (χ1v) is 9.93. The van der Waals surface area contributed by atoms with Gasteiger partial charge in [0.15, 0.2) is 11.6 Å². The molecule has 0 fully saturated rings. The van der Waals surface area contributed by atoms with Gasteiger partial charge in [-0.2, -0.15) is 0 Å². The molecule has 0 N–H and O–H groups in total. The summed E-state index contributed by atoms with van der Waals surface area (Å²) in [6.07, 6.45) is 0.590. The van der Waals surface area contributed by atoms with Crippen LogP contribution >= 0.6 is 0 Å². The van der Waals surface area contributed by atoms with Crippen LogP contribution in [0.1, 0.15) is 16.7 Å². The largest absolute Gasteiger partial charge is 0.384 e. The Morgan fingerprint density at radius 1 is 0.750 bits per heavy atom. The summed E-state index contributed by atoms with van der Waals surface area (Å²) in [6, 6.07) is 16.3. The fourth-order valence-corrected chi connectivity index (χ4v) is 3.43. The van der Waals surface area contributed by atoms with Crippen LogP contribution in [0.5, 0.6) is 0 Å². The lowest BCUT2D eigenvalue weighted by molar-refractivity contribution is 0.202. The minimum atomic E-state index is -0.917. The number of fused-ring (bicyclic) bond motifs is 1. The fourth-order valence-electron chi connectivity index (χ4n) is 3.43. The first kappa shape index (κ1) is 21.6. The molecule has 0 bridgehead atoms. The molecule has 4 aromatic rings. The number of hydrogen-bond donors (Lipinski definition) is 0. The third-order valence-electron chi connectivity index (χ3n) is 5.16. The van der Waals surface area contributed by atoms with E-state index in [9.17, 15) is 17.6 Å². The summed E-state index contributed by atoms with van der Waals surface area (Å²) in [5, 5.41) is 0.650. The normalized spacial score (nSPS) is 10.8. The van der Waals surface area contributed by atoms with E-state index in [1.807, 2.05) is 0 Å². The van der Waals surface area contributed by atoms with E-state index in [1.54, 1.807) is 37.4 Å². The quantitative estimate of drug-likeness (QED) is 0.258. The second-order valence-corrected chi connectivity index (χ2v) is 7.30. The molecular weight excluding hydrogens is 416 g/mol. The van der Waals surface area contributed by atoms with Gasteiger partial charge in [0.2, 0.25) is 0 Å². The van der Waals surface area contributed by atoms with E-state index < -0.39 is 23.3 Å². The van der Waals surface area contributed by atoms with Gasteiger partial charge in [0.05, 0.1) is 12.2 Å². The van der Waals surface area contributed by atoms with E-state index >= 15 is 0 Å². The lowest BCUT2D eigenvalue weighted by atomic mass is 10.0. The Bertz CT molecular complexity index is 1370. The monoisotopic (exact) mass is 434 g/mol. The Hall–Kier alpha value is -3.62. The van der Waals surface area contributed by atoms with Crippen LogP contribution in [0.25, 0.3) is 21.9 Å². The van der Waals surface area contributed by atoms with Crippen LogP contribution in [-0.2, 0) is 11.2 Å². The molecule has 0 aliphatic carbocycles. The maximum absolute atomic E-state index is 14.6. The molecule has 32 heavy (non-hydrogen) atoms. The van der Waals surface area contributed by atoms with Crippen molar-refractivity contribution in [3.8, 4) is 23.0 Å². The SMILES string of the molecule is COCCc1ccc(-c2ccc(C#Cc3ccc4c(F)c(F)ccc4c3)c(F)c2)c(F)c1. The van der Waals surface area contributed by atoms with Gasteiger partial charge in [0.1, 0.15) is 11.6 Å². The van der Waals surface area contributed by atoms with E-state index in [0.29, 0.717) is 35.1 Å². The average molecular weight is 434 g/mol. The highest BCUT2D eigenvalue weighted by atomic mass is 19.2. The zero-order valence-corrected chi connectivity index (χ0v) is 17.2. The predicted octanol–water partition coefficient (Wildman–Crippen LogP) is 6.65. The Morgan fingerprint density at radius 3 is 2.34 bits per heavy atom. The van der Waals surface area contributed by atoms with Crippen LogP contribution < -0.4 is 0 Å². The van der Waals surface area contributed by atoms with Crippen LogP contribution in [0.2, 0.25) is 0 Å². The van der Waals surface area contributed by atoms with Crippen LogP contribution in [0.3, 0.4) is 0 Å². The van der Waals surface area contributed by atoms with Gasteiger partial charge in [-0.25, -0.2) is 17.6 Å². The molecular formula is C27H18F4O. The molecule has 0 aromatic heterocycles. The molecule has 4 aromatic carbocycles. The van der Waals surface area contributed by atoms with Crippen molar-refractivity contribution < 1.29 is 22.3 Å². The summed E-state index contributed by atoms with van der Waals surface area (Å²) in [6.45, 7) is 0.490. The van der Waals surface area contributed by atoms with Crippen molar-refractivity contribution in [2.45, 2.75) is 6.42 Å². The van der Waals surface area contributed by atoms with Gasteiger partial charge in [-0.15, -0.1) is 0 Å². The first-order chi connectivity index (χ1) is 15.5. The van der Waals surface area contributed by atoms with Gasteiger partial charge in [-0.05, 0) is 59.3 Å². The molecule has 0 radical (unpaired) electrons. The van der Waals surface area contributed by atoms with Gasteiger partial charge < -0.3 is 4.74 Å². The van der Waals surface area contributed by atoms with Crippen LogP contribution in [0, 0.1) is 35.1 Å². The third kappa shape index (κ3) is 4.51. The maximum Gasteiger partial charge on any atom is 0.166 e. The molecule has 0 saturated heterocycles. The summed E-state index contributed by atoms with van der Waals surface area (Å²) in [5.41, 5.74) is 2.19. The van der Waals surface area contributed by atoms with Crippen molar-refractivity contribution >= 4 is 10.8 Å². The van der Waals surface area contributed by atoms with E-state index in [0.717, 1.165) is 11.6 Å². The van der Waals surface area contributed by atoms with Gasteiger partial charge in [0.25, 0.3) is 0 Å². The minimum Gasteiger partial charge on any atom is -0.384 e. The highest BCUT2D eigenvalue weighted by Gasteiger charge is 2.10. The van der Waals surface area contributed by atoms with Gasteiger partial charge >= 0.3 is 0 Å². The summed E-state index contributed by atoms with van der Waals surface area (Å²) in [4.78, 5) is 0. The average Bonchev–Trinajstić information content (AvgIpc) is 2.79. The number of benzene rings is 4. The highest BCUT2D eigenvalue weighted by molar-refractivity contribution is 5.84. The van der Waals surface area contributed by atoms with E-state index in [-0.39, 0.29) is 10.9 Å². The van der Waals surface area contributed by atoms with Crippen molar-refractivity contribution in [1.29, 1.82) is 0 Å². The standard InChI is InChI=1S/C27H18F4O/c1-32-13-12-18-3-9-22(26(30)15-18)21-7-6-19(25(29)16-21)5-2-17-4-10-23-20(14-17)8-11-24(28)27(23)31/h3-4,6-11,14-16H,12-13H2,1H3. The molecule has 160 valence electrons. The first-order valence-electron chi connectivity index (χ1n) is 9.93. The molecule has 0 saturated carbocycles. The van der Waals surface area contributed by atoms with Crippen molar-refractivity contribution in [1.82, 2.24) is 0 Å². The Labute approximate surface area is 183 Å².